The number of fused-ring (bicyclic) bond motifs is 1. The van der Waals surface area contributed by atoms with Crippen LogP contribution in [0.4, 0.5) is 10.1 Å². The number of nitrogens with one attached hydrogen (secondary N) is 1. The van der Waals surface area contributed by atoms with E-state index in [0.29, 0.717) is 9.86 Å². The van der Waals surface area contributed by atoms with Crippen molar-refractivity contribution in [1.82, 2.24) is 4.98 Å². The number of benzene rings is 1. The van der Waals surface area contributed by atoms with E-state index >= 15 is 0 Å². The van der Waals surface area contributed by atoms with E-state index in [9.17, 15) is 4.39 Å². The van der Waals surface area contributed by atoms with Gasteiger partial charge in [0.05, 0.1) is 15.4 Å². The van der Waals surface area contributed by atoms with Gasteiger partial charge in [0.1, 0.15) is 5.82 Å². The van der Waals surface area contributed by atoms with Gasteiger partial charge in [-0.2, -0.15) is 0 Å². The summed E-state index contributed by atoms with van der Waals surface area (Å²) in [7, 11) is 0. The van der Waals surface area contributed by atoms with Gasteiger partial charge in [-0.15, -0.1) is 0 Å². The number of rotatable bonds is 2. The van der Waals surface area contributed by atoms with Crippen LogP contribution >= 0.6 is 15.9 Å². The van der Waals surface area contributed by atoms with Gasteiger partial charge >= 0.3 is 0 Å². The van der Waals surface area contributed by atoms with Crippen molar-refractivity contribution in [2.75, 3.05) is 11.9 Å². The van der Waals surface area contributed by atoms with Gasteiger partial charge in [0.2, 0.25) is 0 Å². The zero-order valence-corrected chi connectivity index (χ0v) is 11.7. The second kappa shape index (κ2) is 4.61. The first-order chi connectivity index (χ1) is 8.04. The first-order valence-corrected chi connectivity index (χ1v) is 6.33. The molecular formula is C13H14BrFN2. The van der Waals surface area contributed by atoms with Gasteiger partial charge in [-0.1, -0.05) is 0 Å². The van der Waals surface area contributed by atoms with Crippen molar-refractivity contribution in [1.29, 1.82) is 0 Å². The van der Waals surface area contributed by atoms with Crippen LogP contribution in [0.3, 0.4) is 0 Å². The fourth-order valence-corrected chi connectivity index (χ4v) is 2.49. The molecule has 90 valence electrons. The number of pyridine rings is 1. The average molecular weight is 297 g/mol. The van der Waals surface area contributed by atoms with E-state index in [1.165, 1.54) is 0 Å². The second-order valence-corrected chi connectivity index (χ2v) is 4.91. The minimum absolute atomic E-state index is 0.256. The Hall–Kier alpha value is -1.16. The van der Waals surface area contributed by atoms with Gasteiger partial charge in [0, 0.05) is 17.9 Å². The Bertz CT molecular complexity index is 581. The van der Waals surface area contributed by atoms with Gasteiger partial charge in [0.25, 0.3) is 0 Å². The van der Waals surface area contributed by atoms with Gasteiger partial charge in [0.15, 0.2) is 0 Å². The van der Waals surface area contributed by atoms with Crippen LogP contribution in [0, 0.1) is 19.7 Å². The van der Waals surface area contributed by atoms with Crippen LogP contribution in [0.25, 0.3) is 10.9 Å². The molecule has 0 amide bonds. The smallest absolute Gasteiger partial charge is 0.148 e. The highest BCUT2D eigenvalue weighted by Gasteiger charge is 2.14. The quantitative estimate of drug-likeness (QED) is 0.899. The largest absolute Gasteiger partial charge is 0.385 e. The molecule has 0 bridgehead atoms. The van der Waals surface area contributed by atoms with E-state index in [-0.39, 0.29) is 5.82 Å². The number of aromatic nitrogens is 1. The monoisotopic (exact) mass is 296 g/mol. The maximum absolute atomic E-state index is 14.2. The molecule has 0 unspecified atom stereocenters. The fourth-order valence-electron chi connectivity index (χ4n) is 1.95. The summed E-state index contributed by atoms with van der Waals surface area (Å²) in [5, 5.41) is 3.75. The molecule has 0 saturated carbocycles. The molecule has 0 aliphatic rings. The van der Waals surface area contributed by atoms with Gasteiger partial charge in [-0.05, 0) is 54.4 Å². The van der Waals surface area contributed by atoms with E-state index in [1.54, 1.807) is 6.07 Å². The molecule has 0 fully saturated rings. The van der Waals surface area contributed by atoms with Crippen LogP contribution in [0.15, 0.2) is 16.6 Å². The van der Waals surface area contributed by atoms with E-state index in [2.05, 4.69) is 26.2 Å². The van der Waals surface area contributed by atoms with Crippen LogP contribution in [-0.4, -0.2) is 11.5 Å². The van der Waals surface area contributed by atoms with Gasteiger partial charge < -0.3 is 5.32 Å². The molecule has 17 heavy (non-hydrogen) atoms. The molecule has 0 saturated heterocycles. The molecule has 0 spiro atoms. The number of anilines is 1. The molecule has 0 aliphatic heterocycles. The van der Waals surface area contributed by atoms with Gasteiger partial charge in [-0.3, -0.25) is 4.98 Å². The molecule has 2 nitrogen and oxygen atoms in total. The number of hydrogen-bond donors (Lipinski definition) is 1. The molecule has 2 rings (SSSR count). The number of halogens is 2. The van der Waals surface area contributed by atoms with Crippen molar-refractivity contribution in [2.45, 2.75) is 20.8 Å². The Morgan fingerprint density at radius 3 is 2.71 bits per heavy atom. The SMILES string of the molecule is CCNc1cc(C)nc2c(C)cc(Br)c(F)c12. The molecule has 1 N–H and O–H groups in total. The van der Waals surface area contributed by atoms with Crippen molar-refractivity contribution < 1.29 is 4.39 Å². The minimum atomic E-state index is -0.256. The molecule has 0 atom stereocenters. The Morgan fingerprint density at radius 2 is 2.06 bits per heavy atom. The first kappa shape index (κ1) is 12.3. The second-order valence-electron chi connectivity index (χ2n) is 4.05. The molecule has 0 aliphatic carbocycles. The van der Waals surface area contributed by atoms with Crippen molar-refractivity contribution >= 4 is 32.5 Å². The highest BCUT2D eigenvalue weighted by Crippen LogP contribution is 2.32. The lowest BCUT2D eigenvalue weighted by Crippen LogP contribution is -2.02. The Labute approximate surface area is 108 Å². The Morgan fingerprint density at radius 1 is 1.35 bits per heavy atom. The third-order valence-corrected chi connectivity index (χ3v) is 3.24. The lowest BCUT2D eigenvalue weighted by atomic mass is 10.1. The zero-order chi connectivity index (χ0) is 12.6. The summed E-state index contributed by atoms with van der Waals surface area (Å²) in [5.74, 6) is -0.256. The molecule has 0 radical (unpaired) electrons. The van der Waals surface area contributed by atoms with Crippen LogP contribution in [-0.2, 0) is 0 Å². The summed E-state index contributed by atoms with van der Waals surface area (Å²) in [6.45, 7) is 6.60. The Kier molecular flexibility index (Phi) is 3.33. The highest BCUT2D eigenvalue weighted by molar-refractivity contribution is 9.10. The van der Waals surface area contributed by atoms with Crippen molar-refractivity contribution in [3.63, 3.8) is 0 Å². The first-order valence-electron chi connectivity index (χ1n) is 5.54. The molecule has 4 heteroatoms. The van der Waals surface area contributed by atoms with Crippen molar-refractivity contribution in [3.8, 4) is 0 Å². The minimum Gasteiger partial charge on any atom is -0.385 e. The summed E-state index contributed by atoms with van der Waals surface area (Å²) < 4.78 is 14.6. The van der Waals surface area contributed by atoms with Crippen LogP contribution in [0.2, 0.25) is 0 Å². The summed E-state index contributed by atoms with van der Waals surface area (Å²) >= 11 is 3.24. The molecule has 1 heterocycles. The number of hydrogen-bond acceptors (Lipinski definition) is 2. The van der Waals surface area contributed by atoms with Crippen LogP contribution < -0.4 is 5.32 Å². The van der Waals surface area contributed by atoms with Crippen LogP contribution in [0.5, 0.6) is 0 Å². The van der Waals surface area contributed by atoms with E-state index < -0.39 is 0 Å². The van der Waals surface area contributed by atoms with E-state index in [4.69, 9.17) is 0 Å². The van der Waals surface area contributed by atoms with E-state index in [0.717, 1.165) is 29.0 Å². The summed E-state index contributed by atoms with van der Waals surface area (Å²) in [6.07, 6.45) is 0. The maximum Gasteiger partial charge on any atom is 0.148 e. The predicted octanol–water partition coefficient (Wildman–Crippen LogP) is 4.19. The maximum atomic E-state index is 14.2. The summed E-state index contributed by atoms with van der Waals surface area (Å²) in [5.41, 5.74) is 3.38. The number of aryl methyl sites for hydroxylation is 2. The highest BCUT2D eigenvalue weighted by atomic mass is 79.9. The molecule has 1 aromatic heterocycles. The lowest BCUT2D eigenvalue weighted by Gasteiger charge is -2.12. The summed E-state index contributed by atoms with van der Waals surface area (Å²) in [6, 6.07) is 3.64. The third-order valence-electron chi connectivity index (χ3n) is 2.66. The normalized spacial score (nSPS) is 10.9. The summed E-state index contributed by atoms with van der Waals surface area (Å²) in [4.78, 5) is 4.42. The van der Waals surface area contributed by atoms with Crippen molar-refractivity contribution in [2.24, 2.45) is 0 Å². The lowest BCUT2D eigenvalue weighted by molar-refractivity contribution is 0.633. The van der Waals surface area contributed by atoms with Crippen LogP contribution in [0.1, 0.15) is 18.2 Å². The van der Waals surface area contributed by atoms with Gasteiger partial charge in [-0.25, -0.2) is 4.39 Å². The standard InChI is InChI=1S/C13H14BrFN2/c1-4-16-10-6-8(3)17-13-7(2)5-9(14)12(15)11(10)13/h5-6H,4H2,1-3H3,(H,16,17). The fraction of sp³-hybridized carbons (Fsp3) is 0.308. The molecular weight excluding hydrogens is 283 g/mol. The topological polar surface area (TPSA) is 24.9 Å². The van der Waals surface area contributed by atoms with E-state index in [1.807, 2.05) is 26.8 Å². The predicted molar refractivity (Wildman–Crippen MR) is 73.0 cm³/mol. The number of nitrogens with zero attached hydrogens (tertiary/aromatic N) is 1. The van der Waals surface area contributed by atoms with Crippen molar-refractivity contribution in [3.05, 3.63) is 33.7 Å². The Balaban J connectivity index is 2.89. The molecule has 1 aromatic carbocycles. The average Bonchev–Trinajstić information content (AvgIpc) is 2.26. The molecule has 2 aromatic rings. The zero-order valence-electron chi connectivity index (χ0n) is 10.1. The third kappa shape index (κ3) is 2.14.